The van der Waals surface area contributed by atoms with Crippen LogP contribution in [0.3, 0.4) is 0 Å². The second kappa shape index (κ2) is 6.11. The topological polar surface area (TPSA) is 92.4 Å². The Morgan fingerprint density at radius 3 is 2.70 bits per heavy atom. The van der Waals surface area contributed by atoms with E-state index in [1.165, 1.54) is 6.07 Å². The highest BCUT2D eigenvalue weighted by molar-refractivity contribution is 7.89. The van der Waals surface area contributed by atoms with E-state index in [4.69, 9.17) is 5.73 Å². The number of nitrogen functional groups attached to an aromatic ring is 1. The minimum absolute atomic E-state index is 0.00705. The molecule has 0 spiro atoms. The van der Waals surface area contributed by atoms with Gasteiger partial charge in [-0.1, -0.05) is 12.8 Å². The first-order valence-electron chi connectivity index (χ1n) is 6.94. The summed E-state index contributed by atoms with van der Waals surface area (Å²) in [5.74, 6) is 0.00705. The molecule has 1 aromatic carbocycles. The summed E-state index contributed by atoms with van der Waals surface area (Å²) >= 11 is 0. The molecule has 4 N–H and O–H groups in total. The summed E-state index contributed by atoms with van der Waals surface area (Å²) in [4.78, 5) is 0.247. The second-order valence-electron chi connectivity index (χ2n) is 5.49. The summed E-state index contributed by atoms with van der Waals surface area (Å²) in [6.07, 6.45) is 3.28. The molecule has 1 aliphatic rings. The predicted molar refractivity (Wildman–Crippen MR) is 78.7 cm³/mol. The van der Waals surface area contributed by atoms with Crippen LogP contribution in [0.1, 0.15) is 31.2 Å². The maximum absolute atomic E-state index is 12.3. The monoisotopic (exact) mass is 298 g/mol. The van der Waals surface area contributed by atoms with Gasteiger partial charge in [-0.15, -0.1) is 0 Å². The molecule has 112 valence electrons. The van der Waals surface area contributed by atoms with E-state index in [1.807, 2.05) is 0 Å². The number of anilines is 1. The average Bonchev–Trinajstić information content (AvgIpc) is 2.37. The van der Waals surface area contributed by atoms with Crippen LogP contribution in [-0.2, 0) is 10.0 Å². The summed E-state index contributed by atoms with van der Waals surface area (Å²) in [6.45, 7) is 2.01. The average molecular weight is 298 g/mol. The van der Waals surface area contributed by atoms with Gasteiger partial charge in [-0.05, 0) is 49.4 Å². The van der Waals surface area contributed by atoms with Gasteiger partial charge in [-0.25, -0.2) is 13.1 Å². The van der Waals surface area contributed by atoms with Crippen molar-refractivity contribution in [3.63, 3.8) is 0 Å². The molecular weight excluding hydrogens is 276 g/mol. The number of aryl methyl sites for hydroxylation is 1. The van der Waals surface area contributed by atoms with Gasteiger partial charge >= 0.3 is 0 Å². The number of benzene rings is 1. The minimum Gasteiger partial charge on any atom is -0.399 e. The van der Waals surface area contributed by atoms with Crippen molar-refractivity contribution in [3.05, 3.63) is 23.8 Å². The Hall–Kier alpha value is -1.11. The fraction of sp³-hybridized carbons (Fsp3) is 0.571. The first kappa shape index (κ1) is 15.3. The first-order valence-corrected chi connectivity index (χ1v) is 8.42. The zero-order chi connectivity index (χ0) is 14.8. The number of hydrogen-bond donors (Lipinski definition) is 3. The molecule has 2 unspecified atom stereocenters. The van der Waals surface area contributed by atoms with Crippen LogP contribution in [0.5, 0.6) is 0 Å². The molecule has 0 amide bonds. The number of nitrogens with two attached hydrogens (primary N) is 1. The van der Waals surface area contributed by atoms with Gasteiger partial charge in [0.05, 0.1) is 11.0 Å². The van der Waals surface area contributed by atoms with Crippen LogP contribution in [0, 0.1) is 12.8 Å². The maximum Gasteiger partial charge on any atom is 0.240 e. The number of sulfonamides is 1. The number of hydrogen-bond acceptors (Lipinski definition) is 4. The Bertz CT molecular complexity index is 572. The lowest BCUT2D eigenvalue weighted by atomic mass is 9.87. The van der Waals surface area contributed by atoms with Crippen molar-refractivity contribution in [1.29, 1.82) is 0 Å². The molecular formula is C14H22N2O3S. The van der Waals surface area contributed by atoms with Crippen molar-refractivity contribution >= 4 is 15.7 Å². The summed E-state index contributed by atoms with van der Waals surface area (Å²) < 4.78 is 27.2. The van der Waals surface area contributed by atoms with E-state index in [1.54, 1.807) is 19.1 Å². The predicted octanol–water partition coefficient (Wildman–Crippen LogP) is 1.41. The van der Waals surface area contributed by atoms with Crippen molar-refractivity contribution in [2.75, 3.05) is 12.3 Å². The molecule has 1 aliphatic carbocycles. The fourth-order valence-corrected chi connectivity index (χ4v) is 4.01. The lowest BCUT2D eigenvalue weighted by Crippen LogP contribution is -2.36. The standard InChI is InChI=1S/C14H22N2O3S/c1-10-8-12(15)6-7-14(10)20(18,19)16-9-11-4-2-3-5-13(11)17/h6-8,11,13,16-17H,2-5,9,15H2,1H3. The Morgan fingerprint density at radius 1 is 1.35 bits per heavy atom. The molecule has 0 heterocycles. The highest BCUT2D eigenvalue weighted by Crippen LogP contribution is 2.24. The quantitative estimate of drug-likeness (QED) is 0.733. The van der Waals surface area contributed by atoms with Crippen molar-refractivity contribution in [1.82, 2.24) is 4.72 Å². The normalized spacial score (nSPS) is 23.7. The number of aliphatic hydroxyl groups excluding tert-OH is 1. The largest absolute Gasteiger partial charge is 0.399 e. The molecule has 0 aromatic heterocycles. The van der Waals surface area contributed by atoms with Crippen LogP contribution < -0.4 is 10.5 Å². The van der Waals surface area contributed by atoms with E-state index in [0.29, 0.717) is 11.3 Å². The Labute approximate surface area is 120 Å². The highest BCUT2D eigenvalue weighted by Gasteiger charge is 2.25. The summed E-state index contributed by atoms with van der Waals surface area (Å²) in [7, 11) is -3.55. The van der Waals surface area contributed by atoms with Gasteiger partial charge in [-0.2, -0.15) is 0 Å². The Morgan fingerprint density at radius 2 is 2.05 bits per heavy atom. The van der Waals surface area contributed by atoms with Crippen LogP contribution >= 0.6 is 0 Å². The van der Waals surface area contributed by atoms with Gasteiger partial charge in [0.1, 0.15) is 0 Å². The van der Waals surface area contributed by atoms with E-state index >= 15 is 0 Å². The Balaban J connectivity index is 2.07. The summed E-state index contributed by atoms with van der Waals surface area (Å²) in [5.41, 5.74) is 6.80. The van der Waals surface area contributed by atoms with E-state index in [9.17, 15) is 13.5 Å². The molecule has 2 atom stereocenters. The SMILES string of the molecule is Cc1cc(N)ccc1S(=O)(=O)NCC1CCCCC1O. The Kier molecular flexibility index (Phi) is 4.67. The molecule has 1 saturated carbocycles. The van der Waals surface area contributed by atoms with Crippen molar-refractivity contribution in [2.24, 2.45) is 5.92 Å². The van der Waals surface area contributed by atoms with Crippen LogP contribution in [0.15, 0.2) is 23.1 Å². The molecule has 0 saturated heterocycles. The highest BCUT2D eigenvalue weighted by atomic mass is 32.2. The van der Waals surface area contributed by atoms with E-state index in [0.717, 1.165) is 25.7 Å². The van der Waals surface area contributed by atoms with Gasteiger partial charge in [0.15, 0.2) is 0 Å². The van der Waals surface area contributed by atoms with Gasteiger partial charge in [0, 0.05) is 12.2 Å². The molecule has 2 rings (SSSR count). The lowest BCUT2D eigenvalue weighted by Gasteiger charge is -2.27. The van der Waals surface area contributed by atoms with E-state index in [2.05, 4.69) is 4.72 Å². The number of nitrogens with one attached hydrogen (secondary N) is 1. The van der Waals surface area contributed by atoms with Gasteiger partial charge in [0.2, 0.25) is 10.0 Å². The molecule has 0 radical (unpaired) electrons. The smallest absolute Gasteiger partial charge is 0.240 e. The zero-order valence-electron chi connectivity index (χ0n) is 11.7. The first-order chi connectivity index (χ1) is 9.40. The van der Waals surface area contributed by atoms with Crippen LogP contribution in [-0.4, -0.2) is 26.2 Å². The van der Waals surface area contributed by atoms with Crippen LogP contribution in [0.4, 0.5) is 5.69 Å². The molecule has 1 fully saturated rings. The van der Waals surface area contributed by atoms with Crippen molar-refractivity contribution < 1.29 is 13.5 Å². The van der Waals surface area contributed by atoms with E-state index in [-0.39, 0.29) is 17.4 Å². The molecule has 20 heavy (non-hydrogen) atoms. The molecule has 5 nitrogen and oxygen atoms in total. The molecule has 1 aromatic rings. The maximum atomic E-state index is 12.3. The molecule has 0 bridgehead atoms. The summed E-state index contributed by atoms with van der Waals surface area (Å²) in [6, 6.07) is 4.74. The molecule has 6 heteroatoms. The number of aliphatic hydroxyl groups is 1. The van der Waals surface area contributed by atoms with Gasteiger partial charge in [-0.3, -0.25) is 0 Å². The zero-order valence-corrected chi connectivity index (χ0v) is 12.5. The van der Waals surface area contributed by atoms with Crippen molar-refractivity contribution in [2.45, 2.75) is 43.6 Å². The lowest BCUT2D eigenvalue weighted by molar-refractivity contribution is 0.0724. The fourth-order valence-electron chi connectivity index (χ4n) is 2.69. The second-order valence-corrected chi connectivity index (χ2v) is 7.22. The summed E-state index contributed by atoms with van der Waals surface area (Å²) in [5, 5.41) is 9.88. The third-order valence-electron chi connectivity index (χ3n) is 3.89. The van der Waals surface area contributed by atoms with Gasteiger partial charge < -0.3 is 10.8 Å². The number of rotatable bonds is 4. The van der Waals surface area contributed by atoms with E-state index < -0.39 is 16.1 Å². The minimum atomic E-state index is -3.55. The molecule has 0 aliphatic heterocycles. The van der Waals surface area contributed by atoms with Crippen molar-refractivity contribution in [3.8, 4) is 0 Å². The third kappa shape index (κ3) is 3.50. The van der Waals surface area contributed by atoms with Crippen LogP contribution in [0.25, 0.3) is 0 Å². The van der Waals surface area contributed by atoms with Crippen LogP contribution in [0.2, 0.25) is 0 Å². The van der Waals surface area contributed by atoms with Gasteiger partial charge in [0.25, 0.3) is 0 Å². The third-order valence-corrected chi connectivity index (χ3v) is 5.48.